The topological polar surface area (TPSA) is 28.7 Å². The molecule has 19 heavy (non-hydrogen) atoms. The fourth-order valence-electron chi connectivity index (χ4n) is 2.27. The summed E-state index contributed by atoms with van der Waals surface area (Å²) < 4.78 is 0. The number of aryl methyl sites for hydroxylation is 2. The van der Waals surface area contributed by atoms with Crippen molar-refractivity contribution in [2.24, 2.45) is 0 Å². The van der Waals surface area contributed by atoms with Crippen molar-refractivity contribution >= 4 is 23.1 Å². The Bertz CT molecular complexity index is 737. The van der Waals surface area contributed by atoms with Gasteiger partial charge >= 0.3 is 0 Å². The number of rotatable bonds is 2. The zero-order valence-electron chi connectivity index (χ0n) is 11.1. The van der Waals surface area contributed by atoms with Crippen molar-refractivity contribution in [3.05, 3.63) is 65.1 Å². The lowest BCUT2D eigenvalue weighted by molar-refractivity contribution is 1.24. The van der Waals surface area contributed by atoms with Crippen molar-refractivity contribution in [3.63, 3.8) is 0 Å². The fourth-order valence-corrected chi connectivity index (χ4v) is 2.27. The van der Waals surface area contributed by atoms with Crippen molar-refractivity contribution in [1.82, 2.24) is 9.97 Å². The number of fused-ring (bicyclic) bond motifs is 1. The summed E-state index contributed by atoms with van der Waals surface area (Å²) in [6.45, 7) is 4.23. The molecule has 2 nitrogen and oxygen atoms in total. The second-order valence-electron chi connectivity index (χ2n) is 4.74. The molecule has 0 aliphatic carbocycles. The molecule has 2 heterocycles. The van der Waals surface area contributed by atoms with E-state index in [1.165, 1.54) is 22.2 Å². The minimum Gasteiger partial charge on any atom is -0.357 e. The van der Waals surface area contributed by atoms with E-state index in [0.717, 1.165) is 11.2 Å². The van der Waals surface area contributed by atoms with Crippen LogP contribution in [0.1, 0.15) is 22.5 Å². The van der Waals surface area contributed by atoms with Crippen molar-refractivity contribution in [2.45, 2.75) is 13.8 Å². The van der Waals surface area contributed by atoms with Crippen LogP contribution in [0.3, 0.4) is 0 Å². The molecular weight excluding hydrogens is 232 g/mol. The second-order valence-corrected chi connectivity index (χ2v) is 4.74. The van der Waals surface area contributed by atoms with E-state index in [0.29, 0.717) is 0 Å². The summed E-state index contributed by atoms with van der Waals surface area (Å²) in [6.07, 6.45) is 6.02. The number of nitrogens with zero attached hydrogens (tertiary/aromatic N) is 1. The first-order chi connectivity index (χ1) is 9.25. The molecule has 0 saturated heterocycles. The lowest BCUT2D eigenvalue weighted by Crippen LogP contribution is -1.82. The summed E-state index contributed by atoms with van der Waals surface area (Å²) in [5.74, 6) is 0. The molecule has 0 unspecified atom stereocenters. The molecule has 0 amide bonds. The summed E-state index contributed by atoms with van der Waals surface area (Å²) in [4.78, 5) is 7.88. The number of aromatic nitrogens is 2. The molecule has 2 heteroatoms. The van der Waals surface area contributed by atoms with E-state index < -0.39 is 0 Å². The van der Waals surface area contributed by atoms with Crippen molar-refractivity contribution in [2.75, 3.05) is 0 Å². The Morgan fingerprint density at radius 2 is 1.79 bits per heavy atom. The van der Waals surface area contributed by atoms with Gasteiger partial charge in [-0.3, -0.25) is 4.98 Å². The van der Waals surface area contributed by atoms with E-state index >= 15 is 0 Å². The predicted octanol–water partition coefficient (Wildman–Crippen LogP) is 4.35. The first-order valence-corrected chi connectivity index (χ1v) is 6.43. The number of hydrogen-bond donors (Lipinski definition) is 1. The highest BCUT2D eigenvalue weighted by Crippen LogP contribution is 2.23. The molecule has 0 fully saturated rings. The SMILES string of the molecule is Cc1[nH]c2c(C=Cc3ccccc3)nccc2c1C. The van der Waals surface area contributed by atoms with Crippen LogP contribution in [0.15, 0.2) is 42.6 Å². The molecule has 0 spiro atoms. The van der Waals surface area contributed by atoms with Gasteiger partial charge < -0.3 is 4.98 Å². The third-order valence-corrected chi connectivity index (χ3v) is 3.49. The van der Waals surface area contributed by atoms with E-state index in [-0.39, 0.29) is 0 Å². The molecule has 94 valence electrons. The van der Waals surface area contributed by atoms with Crippen molar-refractivity contribution in [3.8, 4) is 0 Å². The average molecular weight is 248 g/mol. The number of aromatic amines is 1. The first-order valence-electron chi connectivity index (χ1n) is 6.43. The molecule has 3 rings (SSSR count). The van der Waals surface area contributed by atoms with Gasteiger partial charge in [-0.25, -0.2) is 0 Å². The molecule has 0 aliphatic rings. The van der Waals surface area contributed by atoms with Gasteiger partial charge in [0.2, 0.25) is 0 Å². The number of hydrogen-bond acceptors (Lipinski definition) is 1. The van der Waals surface area contributed by atoms with Crippen LogP contribution in [0.25, 0.3) is 23.1 Å². The number of H-pyrrole nitrogens is 1. The Morgan fingerprint density at radius 3 is 2.58 bits per heavy atom. The maximum atomic E-state index is 4.46. The number of nitrogens with one attached hydrogen (secondary N) is 1. The molecule has 0 radical (unpaired) electrons. The van der Waals surface area contributed by atoms with E-state index in [2.05, 4.69) is 54.2 Å². The smallest absolute Gasteiger partial charge is 0.0870 e. The van der Waals surface area contributed by atoms with Gasteiger partial charge in [0, 0.05) is 17.3 Å². The highest BCUT2D eigenvalue weighted by atomic mass is 14.8. The van der Waals surface area contributed by atoms with Crippen LogP contribution in [0.4, 0.5) is 0 Å². The van der Waals surface area contributed by atoms with Gasteiger partial charge in [0.05, 0.1) is 11.2 Å². The highest BCUT2D eigenvalue weighted by Gasteiger charge is 2.06. The average Bonchev–Trinajstić information content (AvgIpc) is 2.74. The van der Waals surface area contributed by atoms with E-state index in [9.17, 15) is 0 Å². The molecule has 2 aromatic heterocycles. The normalized spacial score (nSPS) is 11.5. The Labute approximate surface area is 112 Å². The van der Waals surface area contributed by atoms with E-state index in [1.54, 1.807) is 0 Å². The summed E-state index contributed by atoms with van der Waals surface area (Å²) in [5, 5.41) is 1.25. The van der Waals surface area contributed by atoms with Gasteiger partial charge in [0.1, 0.15) is 0 Å². The molecule has 0 atom stereocenters. The zero-order valence-corrected chi connectivity index (χ0v) is 11.1. The largest absolute Gasteiger partial charge is 0.357 e. The van der Waals surface area contributed by atoms with Crippen LogP contribution in [0.2, 0.25) is 0 Å². The van der Waals surface area contributed by atoms with E-state index in [4.69, 9.17) is 0 Å². The maximum Gasteiger partial charge on any atom is 0.0870 e. The van der Waals surface area contributed by atoms with Gasteiger partial charge in [-0.2, -0.15) is 0 Å². The minimum absolute atomic E-state index is 0.984. The number of pyridine rings is 1. The maximum absolute atomic E-state index is 4.46. The Morgan fingerprint density at radius 1 is 1.00 bits per heavy atom. The zero-order chi connectivity index (χ0) is 13.2. The predicted molar refractivity (Wildman–Crippen MR) is 80.9 cm³/mol. The fraction of sp³-hybridized carbons (Fsp3) is 0.118. The summed E-state index contributed by atoms with van der Waals surface area (Å²) in [5.41, 5.74) is 5.78. The van der Waals surface area contributed by atoms with Crippen LogP contribution < -0.4 is 0 Å². The Hall–Kier alpha value is -2.35. The van der Waals surface area contributed by atoms with Gasteiger partial charge in [0.15, 0.2) is 0 Å². The molecule has 0 aliphatic heterocycles. The quantitative estimate of drug-likeness (QED) is 0.717. The second kappa shape index (κ2) is 4.73. The van der Waals surface area contributed by atoms with Gasteiger partial charge in [-0.15, -0.1) is 0 Å². The van der Waals surface area contributed by atoms with Gasteiger partial charge in [-0.1, -0.05) is 36.4 Å². The Balaban J connectivity index is 2.06. The van der Waals surface area contributed by atoms with Crippen molar-refractivity contribution < 1.29 is 0 Å². The highest BCUT2D eigenvalue weighted by molar-refractivity contribution is 5.91. The summed E-state index contributed by atoms with van der Waals surface area (Å²) >= 11 is 0. The van der Waals surface area contributed by atoms with Crippen LogP contribution in [-0.2, 0) is 0 Å². The Kier molecular flexibility index (Phi) is 2.92. The summed E-state index contributed by atoms with van der Waals surface area (Å²) in [6, 6.07) is 12.3. The molecule has 3 aromatic rings. The minimum atomic E-state index is 0.984. The monoisotopic (exact) mass is 248 g/mol. The van der Waals surface area contributed by atoms with Crippen LogP contribution in [0, 0.1) is 13.8 Å². The third-order valence-electron chi connectivity index (χ3n) is 3.49. The lowest BCUT2D eigenvalue weighted by Gasteiger charge is -1.97. The third kappa shape index (κ3) is 2.17. The number of benzene rings is 1. The summed E-state index contributed by atoms with van der Waals surface area (Å²) in [7, 11) is 0. The van der Waals surface area contributed by atoms with Gasteiger partial charge in [-0.05, 0) is 37.1 Å². The lowest BCUT2D eigenvalue weighted by atomic mass is 10.1. The molecule has 0 saturated carbocycles. The van der Waals surface area contributed by atoms with Crippen LogP contribution in [0.5, 0.6) is 0 Å². The van der Waals surface area contributed by atoms with Gasteiger partial charge in [0.25, 0.3) is 0 Å². The van der Waals surface area contributed by atoms with E-state index in [1.807, 2.05) is 24.4 Å². The first kappa shape index (κ1) is 11.7. The molecule has 1 aromatic carbocycles. The molecule has 1 N–H and O–H groups in total. The van der Waals surface area contributed by atoms with Crippen LogP contribution >= 0.6 is 0 Å². The van der Waals surface area contributed by atoms with Crippen LogP contribution in [-0.4, -0.2) is 9.97 Å². The molecule has 0 bridgehead atoms. The standard InChI is InChI=1S/C17H16N2/c1-12-13(2)19-17-15(12)10-11-18-16(17)9-8-14-6-4-3-5-7-14/h3-11,19H,1-2H3. The van der Waals surface area contributed by atoms with Crippen molar-refractivity contribution in [1.29, 1.82) is 0 Å². The molecular formula is C17H16N2.